The van der Waals surface area contributed by atoms with Gasteiger partial charge in [-0.15, -0.1) is 0 Å². The van der Waals surface area contributed by atoms with Crippen molar-refractivity contribution < 1.29 is 9.21 Å². The van der Waals surface area contributed by atoms with Gasteiger partial charge < -0.3 is 9.32 Å². The van der Waals surface area contributed by atoms with Crippen LogP contribution in [0.15, 0.2) is 21.4 Å². The maximum absolute atomic E-state index is 12.3. The van der Waals surface area contributed by atoms with Gasteiger partial charge in [-0.05, 0) is 42.8 Å². The van der Waals surface area contributed by atoms with E-state index in [1.165, 1.54) is 6.26 Å². The first kappa shape index (κ1) is 13.6. The molecule has 0 aliphatic carbocycles. The van der Waals surface area contributed by atoms with E-state index in [2.05, 4.69) is 41.6 Å². The number of nitrogens with zero attached hydrogens (tertiary/aromatic N) is 2. The van der Waals surface area contributed by atoms with Gasteiger partial charge in [0.15, 0.2) is 4.67 Å². The summed E-state index contributed by atoms with van der Waals surface area (Å²) in [5.74, 6) is 0.0455. The molecule has 0 spiro atoms. The van der Waals surface area contributed by atoms with Crippen molar-refractivity contribution in [2.24, 2.45) is 0 Å². The van der Waals surface area contributed by atoms with Crippen LogP contribution < -0.4 is 0 Å². The molecule has 1 aromatic rings. The van der Waals surface area contributed by atoms with Gasteiger partial charge in [-0.25, -0.2) is 0 Å². The lowest BCUT2D eigenvalue weighted by Crippen LogP contribution is -2.54. The van der Waals surface area contributed by atoms with Crippen molar-refractivity contribution in [2.75, 3.05) is 26.2 Å². The smallest absolute Gasteiger partial charge is 0.258 e. The van der Waals surface area contributed by atoms with Crippen LogP contribution in [0.5, 0.6) is 0 Å². The van der Waals surface area contributed by atoms with Crippen molar-refractivity contribution in [2.45, 2.75) is 26.3 Å². The summed E-state index contributed by atoms with van der Waals surface area (Å²) in [5, 5.41) is 0. The highest BCUT2D eigenvalue weighted by molar-refractivity contribution is 9.10. The Balaban J connectivity index is 1.99. The molecule has 1 fully saturated rings. The quantitative estimate of drug-likeness (QED) is 0.799. The molecular formula is C13H19BrN2O2. The summed E-state index contributed by atoms with van der Waals surface area (Å²) in [6.45, 7) is 10.0. The number of carbonyl (C=O) groups excluding carboxylic acids is 1. The van der Waals surface area contributed by atoms with E-state index in [9.17, 15) is 4.79 Å². The van der Waals surface area contributed by atoms with Gasteiger partial charge in [-0.3, -0.25) is 9.69 Å². The number of amides is 1. The van der Waals surface area contributed by atoms with Gasteiger partial charge >= 0.3 is 0 Å². The molecule has 1 aromatic heterocycles. The lowest BCUT2D eigenvalue weighted by Gasteiger charge is -2.42. The third kappa shape index (κ3) is 2.78. The van der Waals surface area contributed by atoms with E-state index in [1.807, 2.05) is 4.90 Å². The summed E-state index contributed by atoms with van der Waals surface area (Å²) in [5.41, 5.74) is 0.782. The third-order valence-corrected chi connectivity index (χ3v) is 3.98. The molecule has 18 heavy (non-hydrogen) atoms. The molecule has 2 heterocycles. The van der Waals surface area contributed by atoms with Gasteiger partial charge in [0.1, 0.15) is 0 Å². The first-order chi connectivity index (χ1) is 8.39. The molecule has 0 radical (unpaired) electrons. The van der Waals surface area contributed by atoms with E-state index in [0.29, 0.717) is 10.2 Å². The largest absolute Gasteiger partial charge is 0.457 e. The zero-order valence-electron chi connectivity index (χ0n) is 11.1. The minimum atomic E-state index is 0.0455. The van der Waals surface area contributed by atoms with Crippen LogP contribution in [-0.2, 0) is 0 Å². The fourth-order valence-electron chi connectivity index (χ4n) is 2.20. The van der Waals surface area contributed by atoms with Crippen LogP contribution in [-0.4, -0.2) is 47.4 Å². The number of piperazine rings is 1. The fraction of sp³-hybridized carbons (Fsp3) is 0.615. The second-order valence-electron chi connectivity index (χ2n) is 5.56. The molecule has 4 nitrogen and oxygen atoms in total. The molecule has 2 rings (SSSR count). The number of hydrogen-bond donors (Lipinski definition) is 0. The van der Waals surface area contributed by atoms with E-state index in [-0.39, 0.29) is 11.4 Å². The van der Waals surface area contributed by atoms with Crippen molar-refractivity contribution in [3.8, 4) is 0 Å². The van der Waals surface area contributed by atoms with Gasteiger partial charge in [-0.1, -0.05) is 0 Å². The minimum absolute atomic E-state index is 0.0455. The molecule has 1 aliphatic heterocycles. The van der Waals surface area contributed by atoms with E-state index in [1.54, 1.807) is 6.07 Å². The molecular weight excluding hydrogens is 296 g/mol. The van der Waals surface area contributed by atoms with Gasteiger partial charge in [-0.2, -0.15) is 0 Å². The maximum Gasteiger partial charge on any atom is 0.258 e. The molecule has 0 unspecified atom stereocenters. The highest BCUT2D eigenvalue weighted by atomic mass is 79.9. The Hall–Kier alpha value is -0.810. The van der Waals surface area contributed by atoms with Gasteiger partial charge in [0.05, 0.1) is 11.8 Å². The van der Waals surface area contributed by atoms with Crippen molar-refractivity contribution >= 4 is 21.8 Å². The fourth-order valence-corrected chi connectivity index (χ4v) is 2.61. The summed E-state index contributed by atoms with van der Waals surface area (Å²) < 4.78 is 5.63. The predicted molar refractivity (Wildman–Crippen MR) is 73.6 cm³/mol. The molecule has 0 aromatic carbocycles. The number of rotatable bonds is 1. The number of hydrogen-bond acceptors (Lipinski definition) is 3. The van der Waals surface area contributed by atoms with E-state index in [4.69, 9.17) is 4.42 Å². The van der Waals surface area contributed by atoms with Crippen molar-refractivity contribution in [1.82, 2.24) is 9.80 Å². The van der Waals surface area contributed by atoms with Crippen LogP contribution in [0.4, 0.5) is 0 Å². The number of carbonyl (C=O) groups is 1. The lowest BCUT2D eigenvalue weighted by atomic mass is 10.0. The molecule has 5 heteroatoms. The first-order valence-electron chi connectivity index (χ1n) is 6.17. The van der Waals surface area contributed by atoms with Crippen LogP contribution in [0, 0.1) is 0 Å². The van der Waals surface area contributed by atoms with Crippen molar-refractivity contribution in [3.63, 3.8) is 0 Å². The number of halogens is 1. The Labute approximate surface area is 116 Å². The van der Waals surface area contributed by atoms with Crippen LogP contribution in [0.25, 0.3) is 0 Å². The Bertz CT molecular complexity index is 428. The van der Waals surface area contributed by atoms with Crippen LogP contribution in [0.3, 0.4) is 0 Å². The van der Waals surface area contributed by atoms with Crippen LogP contribution >= 0.6 is 15.9 Å². The SMILES string of the molecule is CC(C)(C)N1CCN(C(=O)c2ccoc2Br)CC1. The van der Waals surface area contributed by atoms with E-state index in [0.717, 1.165) is 26.2 Å². The molecule has 1 saturated heterocycles. The molecule has 0 atom stereocenters. The summed E-state index contributed by atoms with van der Waals surface area (Å²) in [4.78, 5) is 16.5. The topological polar surface area (TPSA) is 36.7 Å². The zero-order valence-corrected chi connectivity index (χ0v) is 12.7. The predicted octanol–water partition coefficient (Wildman–Crippen LogP) is 2.60. The summed E-state index contributed by atoms with van der Waals surface area (Å²) in [7, 11) is 0. The normalized spacial score (nSPS) is 18.1. The van der Waals surface area contributed by atoms with E-state index >= 15 is 0 Å². The van der Waals surface area contributed by atoms with Gasteiger partial charge in [0.2, 0.25) is 0 Å². The van der Waals surface area contributed by atoms with Gasteiger partial charge in [0, 0.05) is 31.7 Å². The zero-order chi connectivity index (χ0) is 13.3. The van der Waals surface area contributed by atoms with Crippen LogP contribution in [0.1, 0.15) is 31.1 Å². The molecule has 100 valence electrons. The summed E-state index contributed by atoms with van der Waals surface area (Å²) >= 11 is 3.25. The minimum Gasteiger partial charge on any atom is -0.457 e. The molecule has 0 bridgehead atoms. The maximum atomic E-state index is 12.3. The first-order valence-corrected chi connectivity index (χ1v) is 6.96. The summed E-state index contributed by atoms with van der Waals surface area (Å²) in [6, 6.07) is 1.71. The summed E-state index contributed by atoms with van der Waals surface area (Å²) in [6.07, 6.45) is 1.53. The Kier molecular flexibility index (Phi) is 3.82. The van der Waals surface area contributed by atoms with Crippen LogP contribution in [0.2, 0.25) is 0 Å². The highest BCUT2D eigenvalue weighted by Gasteiger charge is 2.29. The Morgan fingerprint density at radius 1 is 1.28 bits per heavy atom. The molecule has 0 N–H and O–H groups in total. The highest BCUT2D eigenvalue weighted by Crippen LogP contribution is 2.21. The Morgan fingerprint density at radius 2 is 1.89 bits per heavy atom. The third-order valence-electron chi connectivity index (χ3n) is 3.36. The van der Waals surface area contributed by atoms with Gasteiger partial charge in [0.25, 0.3) is 5.91 Å². The molecule has 1 amide bonds. The van der Waals surface area contributed by atoms with Crippen molar-refractivity contribution in [3.05, 3.63) is 22.6 Å². The standard InChI is InChI=1S/C13H19BrN2O2/c1-13(2,3)16-7-5-15(6-8-16)12(17)10-4-9-18-11(10)14/h4,9H,5-8H2,1-3H3. The average Bonchev–Trinajstić information content (AvgIpc) is 2.73. The second kappa shape index (κ2) is 5.05. The van der Waals surface area contributed by atoms with E-state index < -0.39 is 0 Å². The molecule has 1 aliphatic rings. The second-order valence-corrected chi connectivity index (χ2v) is 6.28. The Morgan fingerprint density at radius 3 is 2.33 bits per heavy atom. The number of furan rings is 1. The molecule has 0 saturated carbocycles. The average molecular weight is 315 g/mol. The monoisotopic (exact) mass is 314 g/mol. The van der Waals surface area contributed by atoms with Crippen molar-refractivity contribution in [1.29, 1.82) is 0 Å². The lowest BCUT2D eigenvalue weighted by molar-refractivity contribution is 0.0449.